The average molecular weight is 501 g/mol. The summed E-state index contributed by atoms with van der Waals surface area (Å²) in [5.41, 5.74) is 5.23. The number of nitrogens with one attached hydrogen (secondary N) is 2. The van der Waals surface area contributed by atoms with E-state index in [-0.39, 0.29) is 5.97 Å². The minimum absolute atomic E-state index is 0.376. The Balaban J connectivity index is 0.000000201. The maximum Gasteiger partial charge on any atom is 0.341 e. The first-order valence-corrected chi connectivity index (χ1v) is 12.4. The number of nitrogens with zero attached hydrogens (tertiary/aromatic N) is 2. The van der Waals surface area contributed by atoms with Crippen LogP contribution in [-0.4, -0.2) is 86.8 Å². The number of carbonyl (C=O) groups excluding carboxylic acids is 1. The van der Waals surface area contributed by atoms with Gasteiger partial charge in [0.25, 0.3) is 0 Å². The number of hydrogen-bond acceptors (Lipinski definition) is 9. The first-order chi connectivity index (χ1) is 17.6. The predicted octanol–water partition coefficient (Wildman–Crippen LogP) is 2.28. The minimum atomic E-state index is -0.376. The molecule has 0 amide bonds. The Kier molecular flexibility index (Phi) is 11.3. The molecule has 0 saturated carbocycles. The lowest BCUT2D eigenvalue weighted by Crippen LogP contribution is -2.43. The van der Waals surface area contributed by atoms with Crippen LogP contribution in [0.2, 0.25) is 0 Å². The molecule has 2 fully saturated rings. The molecule has 2 aromatic rings. The summed E-state index contributed by atoms with van der Waals surface area (Å²) in [6.07, 6.45) is 0. The van der Waals surface area contributed by atoms with Crippen LogP contribution >= 0.6 is 0 Å². The fourth-order valence-electron chi connectivity index (χ4n) is 4.40. The number of anilines is 2. The summed E-state index contributed by atoms with van der Waals surface area (Å²) in [6.45, 7) is 9.38. The molecule has 2 aliphatic rings. The van der Waals surface area contributed by atoms with Gasteiger partial charge in [-0.3, -0.25) is 0 Å². The van der Waals surface area contributed by atoms with Crippen LogP contribution in [0, 0.1) is 0 Å². The second-order valence-corrected chi connectivity index (χ2v) is 8.67. The predicted molar refractivity (Wildman–Crippen MR) is 142 cm³/mol. The van der Waals surface area contributed by atoms with Gasteiger partial charge in [-0.2, -0.15) is 0 Å². The lowest BCUT2D eigenvalue weighted by Gasteiger charge is -2.30. The van der Waals surface area contributed by atoms with Gasteiger partial charge in [-0.05, 0) is 35.4 Å². The molecule has 2 aromatic carbocycles. The summed E-state index contributed by atoms with van der Waals surface area (Å²) >= 11 is 0. The maximum atomic E-state index is 11.6. The van der Waals surface area contributed by atoms with Gasteiger partial charge in [-0.1, -0.05) is 6.07 Å². The van der Waals surface area contributed by atoms with Crippen LogP contribution < -0.4 is 25.2 Å². The summed E-state index contributed by atoms with van der Waals surface area (Å²) in [5.74, 6) is 0.177. The third-order valence-electron chi connectivity index (χ3n) is 6.34. The Hall–Kier alpha value is -2.85. The smallest absolute Gasteiger partial charge is 0.341 e. The van der Waals surface area contributed by atoms with Crippen molar-refractivity contribution < 1.29 is 23.7 Å². The van der Waals surface area contributed by atoms with Crippen molar-refractivity contribution in [1.82, 2.24) is 10.6 Å². The third kappa shape index (κ3) is 7.57. The topological polar surface area (TPSA) is 84.5 Å². The van der Waals surface area contributed by atoms with Crippen LogP contribution in [0.4, 0.5) is 11.4 Å². The lowest BCUT2D eigenvalue weighted by molar-refractivity contribution is 0.0597. The van der Waals surface area contributed by atoms with E-state index in [1.54, 1.807) is 27.4 Å². The van der Waals surface area contributed by atoms with Crippen LogP contribution in [-0.2, 0) is 27.4 Å². The number of carbonyl (C=O) groups is 1. The number of rotatable bonds is 8. The van der Waals surface area contributed by atoms with Gasteiger partial charge in [0.05, 0.1) is 27.4 Å². The average Bonchev–Trinajstić information content (AvgIpc) is 2.94. The van der Waals surface area contributed by atoms with Crippen LogP contribution in [0.25, 0.3) is 0 Å². The van der Waals surface area contributed by atoms with Gasteiger partial charge in [0.15, 0.2) is 0 Å². The van der Waals surface area contributed by atoms with E-state index >= 15 is 0 Å². The summed E-state index contributed by atoms with van der Waals surface area (Å²) < 4.78 is 20.5. The fraction of sp³-hybridized carbons (Fsp3) is 0.519. The van der Waals surface area contributed by atoms with Crippen molar-refractivity contribution in [3.05, 3.63) is 53.1 Å². The Labute approximate surface area is 214 Å². The molecule has 36 heavy (non-hydrogen) atoms. The molecule has 2 heterocycles. The van der Waals surface area contributed by atoms with Gasteiger partial charge >= 0.3 is 5.97 Å². The first kappa shape index (κ1) is 27.7. The zero-order valence-electron chi connectivity index (χ0n) is 22.0. The first-order valence-electron chi connectivity index (χ1n) is 12.4. The number of benzene rings is 2. The molecule has 0 atom stereocenters. The lowest BCUT2D eigenvalue weighted by atomic mass is 10.1. The van der Waals surface area contributed by atoms with E-state index in [4.69, 9.17) is 18.9 Å². The maximum absolute atomic E-state index is 11.6. The summed E-state index contributed by atoms with van der Waals surface area (Å²) in [5, 5.41) is 6.67. The zero-order valence-corrected chi connectivity index (χ0v) is 22.0. The molecular formula is C27H40N4O5. The van der Waals surface area contributed by atoms with Gasteiger partial charge in [-0.15, -0.1) is 0 Å². The van der Waals surface area contributed by atoms with Crippen LogP contribution in [0.5, 0.6) is 5.75 Å². The number of methoxy groups -OCH3 is 4. The Bertz CT molecular complexity index is 959. The van der Waals surface area contributed by atoms with Crippen molar-refractivity contribution in [2.45, 2.75) is 13.2 Å². The van der Waals surface area contributed by atoms with E-state index in [2.05, 4.69) is 38.6 Å². The number of piperazine rings is 2. The van der Waals surface area contributed by atoms with E-state index < -0.39 is 0 Å². The van der Waals surface area contributed by atoms with Gasteiger partial charge < -0.3 is 39.4 Å². The zero-order chi connectivity index (χ0) is 25.8. The van der Waals surface area contributed by atoms with Crippen molar-refractivity contribution in [2.24, 2.45) is 0 Å². The Morgan fingerprint density at radius 3 is 1.81 bits per heavy atom. The van der Waals surface area contributed by atoms with Gasteiger partial charge in [0.2, 0.25) is 0 Å². The summed E-state index contributed by atoms with van der Waals surface area (Å²) in [7, 11) is 6.38. The van der Waals surface area contributed by atoms with E-state index in [0.717, 1.165) is 58.0 Å². The van der Waals surface area contributed by atoms with Crippen LogP contribution in [0.15, 0.2) is 36.4 Å². The van der Waals surface area contributed by atoms with Crippen molar-refractivity contribution in [2.75, 3.05) is 90.6 Å². The van der Waals surface area contributed by atoms with Crippen molar-refractivity contribution in [3.63, 3.8) is 0 Å². The third-order valence-corrected chi connectivity index (χ3v) is 6.34. The molecule has 9 heteroatoms. The normalized spacial score (nSPS) is 15.7. The highest BCUT2D eigenvalue weighted by atomic mass is 16.5. The second-order valence-electron chi connectivity index (χ2n) is 8.67. The highest BCUT2D eigenvalue weighted by Crippen LogP contribution is 2.26. The van der Waals surface area contributed by atoms with Crippen molar-refractivity contribution in [1.29, 1.82) is 0 Å². The highest BCUT2D eigenvalue weighted by Gasteiger charge is 2.17. The molecule has 0 unspecified atom stereocenters. The molecule has 0 radical (unpaired) electrons. The van der Waals surface area contributed by atoms with Crippen molar-refractivity contribution in [3.8, 4) is 5.75 Å². The molecule has 2 N–H and O–H groups in total. The molecule has 0 aromatic heterocycles. The Morgan fingerprint density at radius 1 is 0.750 bits per heavy atom. The van der Waals surface area contributed by atoms with Crippen LogP contribution in [0.3, 0.4) is 0 Å². The quantitative estimate of drug-likeness (QED) is 0.531. The Morgan fingerprint density at radius 2 is 1.28 bits per heavy atom. The van der Waals surface area contributed by atoms with E-state index in [1.165, 1.54) is 23.9 Å². The van der Waals surface area contributed by atoms with Gasteiger partial charge in [-0.25, -0.2) is 4.79 Å². The molecule has 4 rings (SSSR count). The molecule has 0 spiro atoms. The summed E-state index contributed by atoms with van der Waals surface area (Å²) in [4.78, 5) is 16.2. The second kappa shape index (κ2) is 14.6. The molecule has 2 aliphatic heterocycles. The molecule has 198 valence electrons. The molecule has 9 nitrogen and oxygen atoms in total. The monoisotopic (exact) mass is 500 g/mol. The standard InChI is InChI=1S/C14H22N2O2.C13H18N2O3/c1-17-10-12-3-4-14(9-13(12)11-18-2)16-7-5-15-6-8-16;1-17-12-9-10(15-7-5-14-6-8-15)3-4-11(12)13(16)18-2/h3-4,9,15H,5-8,10-11H2,1-2H3;3-4,9,14H,5-8H2,1-2H3. The van der Waals surface area contributed by atoms with Gasteiger partial charge in [0.1, 0.15) is 11.3 Å². The number of ether oxygens (including phenoxy) is 4. The summed E-state index contributed by atoms with van der Waals surface area (Å²) in [6, 6.07) is 12.1. The van der Waals surface area contributed by atoms with Crippen molar-refractivity contribution >= 4 is 17.3 Å². The number of hydrogen-bond donors (Lipinski definition) is 2. The molecule has 0 aliphatic carbocycles. The molecule has 0 bridgehead atoms. The highest BCUT2D eigenvalue weighted by molar-refractivity contribution is 5.93. The molecule has 2 saturated heterocycles. The SMILES string of the molecule is COC(=O)c1ccc(N2CCNCC2)cc1OC.COCc1ccc(N2CCNCC2)cc1COC. The fourth-order valence-corrected chi connectivity index (χ4v) is 4.40. The van der Waals surface area contributed by atoms with Crippen LogP contribution in [0.1, 0.15) is 21.5 Å². The van der Waals surface area contributed by atoms with E-state index in [0.29, 0.717) is 24.5 Å². The van der Waals surface area contributed by atoms with E-state index in [1.807, 2.05) is 12.1 Å². The largest absolute Gasteiger partial charge is 0.496 e. The molecular weight excluding hydrogens is 460 g/mol. The minimum Gasteiger partial charge on any atom is -0.496 e. The van der Waals surface area contributed by atoms with Gasteiger partial charge in [0, 0.05) is 84.0 Å². The number of esters is 1. The van der Waals surface area contributed by atoms with E-state index in [9.17, 15) is 4.79 Å².